The van der Waals surface area contributed by atoms with E-state index in [1.807, 2.05) is 6.92 Å². The number of benzene rings is 2. The Kier molecular flexibility index (Phi) is 8.19. The van der Waals surface area contributed by atoms with Crippen molar-refractivity contribution < 1.29 is 34.5 Å². The van der Waals surface area contributed by atoms with Crippen LogP contribution >= 0.6 is 34.9 Å². The number of β-lactam (4-membered cyclic amide) rings is 1. The number of rotatable bonds is 9. The van der Waals surface area contributed by atoms with Crippen molar-refractivity contribution in [3.8, 4) is 11.5 Å². The fraction of sp³-hybridized carbons (Fsp3) is 0.231. The van der Waals surface area contributed by atoms with Gasteiger partial charge in [-0.05, 0) is 48.4 Å². The molecule has 41 heavy (non-hydrogen) atoms. The van der Waals surface area contributed by atoms with Gasteiger partial charge in [-0.25, -0.2) is 4.79 Å². The Balaban J connectivity index is 1.33. The van der Waals surface area contributed by atoms with E-state index in [1.54, 1.807) is 0 Å². The highest BCUT2D eigenvalue weighted by Gasteiger charge is 2.54. The van der Waals surface area contributed by atoms with E-state index < -0.39 is 41.1 Å². The Morgan fingerprint density at radius 2 is 1.88 bits per heavy atom. The molecule has 1 saturated heterocycles. The van der Waals surface area contributed by atoms with Gasteiger partial charge in [-0.1, -0.05) is 41.3 Å². The number of carboxylic acids is 1. The Hall–Kier alpha value is -4.08. The lowest BCUT2D eigenvalue weighted by Gasteiger charge is -2.49. The maximum absolute atomic E-state index is 13.5. The zero-order valence-electron chi connectivity index (χ0n) is 21.3. The fourth-order valence-electron chi connectivity index (χ4n) is 4.35. The number of nitrogens with zero attached hydrogens (tertiary/aromatic N) is 3. The van der Waals surface area contributed by atoms with E-state index in [-0.39, 0.29) is 22.8 Å². The predicted octanol–water partition coefficient (Wildman–Crippen LogP) is 2.26. The third kappa shape index (κ3) is 6.01. The lowest BCUT2D eigenvalue weighted by Crippen LogP contribution is -2.71. The molecule has 0 spiro atoms. The lowest BCUT2D eigenvalue weighted by atomic mass is 10.0. The average Bonchev–Trinajstić information content (AvgIpc) is 3.37. The molecule has 1 aromatic heterocycles. The summed E-state index contributed by atoms with van der Waals surface area (Å²) in [5.74, 6) is -2.67. The van der Waals surface area contributed by atoms with Gasteiger partial charge >= 0.3 is 5.97 Å². The number of carboxylic acid groups (broad SMARTS) is 1. The zero-order valence-corrected chi connectivity index (χ0v) is 23.8. The molecule has 2 aromatic carbocycles. The number of carbonyl (C=O) groups excluding carboxylic acids is 3. The summed E-state index contributed by atoms with van der Waals surface area (Å²) >= 11 is 4.07. The van der Waals surface area contributed by atoms with Gasteiger partial charge in [-0.15, -0.1) is 22.0 Å². The third-order valence-corrected chi connectivity index (χ3v) is 9.70. The van der Waals surface area contributed by atoms with Gasteiger partial charge in [0.2, 0.25) is 5.91 Å². The molecule has 2 aliphatic rings. The van der Waals surface area contributed by atoms with Gasteiger partial charge < -0.3 is 26.0 Å². The monoisotopic (exact) mass is 613 g/mol. The van der Waals surface area contributed by atoms with Crippen molar-refractivity contribution in [1.82, 2.24) is 25.7 Å². The number of aliphatic carboxylic acids is 1. The first-order valence-corrected chi connectivity index (χ1v) is 15.0. The maximum atomic E-state index is 13.5. The van der Waals surface area contributed by atoms with E-state index in [0.29, 0.717) is 27.0 Å². The van der Waals surface area contributed by atoms with Crippen molar-refractivity contribution in [1.29, 1.82) is 0 Å². The number of aryl methyl sites for hydroxylation is 1. The third-order valence-electron chi connectivity index (χ3n) is 6.30. The second kappa shape index (κ2) is 11.8. The highest BCUT2D eigenvalue weighted by Crippen LogP contribution is 2.42. The van der Waals surface area contributed by atoms with Crippen LogP contribution in [0.1, 0.15) is 27.0 Å². The maximum Gasteiger partial charge on any atom is 0.352 e. The number of nitrogens with one attached hydrogen (secondary N) is 2. The molecule has 1 fully saturated rings. The van der Waals surface area contributed by atoms with E-state index in [0.717, 1.165) is 5.01 Å². The van der Waals surface area contributed by atoms with Crippen molar-refractivity contribution in [2.45, 2.75) is 28.7 Å². The van der Waals surface area contributed by atoms with Crippen LogP contribution in [0.25, 0.3) is 0 Å². The summed E-state index contributed by atoms with van der Waals surface area (Å²) in [4.78, 5) is 52.9. The van der Waals surface area contributed by atoms with Gasteiger partial charge in [0.15, 0.2) is 4.34 Å². The van der Waals surface area contributed by atoms with Crippen molar-refractivity contribution in [2.75, 3.05) is 11.5 Å². The molecular formula is C26H23N5O7S3. The smallest absolute Gasteiger partial charge is 0.352 e. The van der Waals surface area contributed by atoms with E-state index >= 15 is 0 Å². The molecule has 5 rings (SSSR count). The SMILES string of the molecule is Cc1nnc(SCC2=C(C(=O)O)N3C(=O)C(NC(=O)C(NC(=O)c4cccc(O)c4)c4ccc(O)cc4)[C@@H]3SC2)s1. The number of aromatic nitrogens is 2. The normalized spacial score (nSPS) is 18.8. The molecule has 3 amide bonds. The van der Waals surface area contributed by atoms with Crippen LogP contribution in [0.3, 0.4) is 0 Å². The molecule has 212 valence electrons. The van der Waals surface area contributed by atoms with Crippen LogP contribution in [0.15, 0.2) is 64.1 Å². The van der Waals surface area contributed by atoms with E-state index in [2.05, 4.69) is 20.8 Å². The molecule has 0 radical (unpaired) electrons. The largest absolute Gasteiger partial charge is 0.508 e. The molecule has 15 heteroatoms. The Morgan fingerprint density at radius 3 is 2.54 bits per heavy atom. The summed E-state index contributed by atoms with van der Waals surface area (Å²) in [6.07, 6.45) is 0. The summed E-state index contributed by atoms with van der Waals surface area (Å²) in [6, 6.07) is 8.96. The average molecular weight is 614 g/mol. The van der Waals surface area contributed by atoms with E-state index in [4.69, 9.17) is 0 Å². The molecule has 0 bridgehead atoms. The summed E-state index contributed by atoms with van der Waals surface area (Å²) < 4.78 is 0.694. The molecule has 2 unspecified atom stereocenters. The number of carbonyl (C=O) groups is 4. The van der Waals surface area contributed by atoms with Crippen LogP contribution in [0, 0.1) is 6.92 Å². The molecule has 2 aliphatic heterocycles. The zero-order chi connectivity index (χ0) is 29.3. The number of fused-ring (bicyclic) bond motifs is 1. The van der Waals surface area contributed by atoms with Crippen LogP contribution in [0.5, 0.6) is 11.5 Å². The first-order chi connectivity index (χ1) is 19.6. The molecule has 3 heterocycles. The summed E-state index contributed by atoms with van der Waals surface area (Å²) in [6.45, 7) is 1.82. The topological polar surface area (TPSA) is 182 Å². The highest BCUT2D eigenvalue weighted by molar-refractivity contribution is 8.01. The number of thioether (sulfide) groups is 2. The number of amides is 3. The number of phenols is 2. The quantitative estimate of drug-likeness (QED) is 0.176. The first-order valence-electron chi connectivity index (χ1n) is 12.1. The van der Waals surface area contributed by atoms with Gasteiger partial charge in [0, 0.05) is 17.1 Å². The van der Waals surface area contributed by atoms with Crippen molar-refractivity contribution in [3.05, 3.63) is 75.9 Å². The van der Waals surface area contributed by atoms with Crippen molar-refractivity contribution >= 4 is 58.6 Å². The number of hydrogen-bond acceptors (Lipinski definition) is 11. The molecule has 3 atom stereocenters. The first kappa shape index (κ1) is 28.4. The Bertz CT molecular complexity index is 1560. The molecule has 0 saturated carbocycles. The van der Waals surface area contributed by atoms with Crippen LogP contribution in [-0.2, 0) is 14.4 Å². The van der Waals surface area contributed by atoms with Gasteiger partial charge in [0.25, 0.3) is 11.8 Å². The predicted molar refractivity (Wildman–Crippen MR) is 151 cm³/mol. The van der Waals surface area contributed by atoms with Crippen molar-refractivity contribution in [2.24, 2.45) is 0 Å². The second-order valence-corrected chi connectivity index (χ2v) is 12.6. The fourth-order valence-corrected chi connectivity index (χ4v) is 7.65. The minimum atomic E-state index is -1.25. The van der Waals surface area contributed by atoms with Crippen LogP contribution < -0.4 is 10.6 Å². The number of phenolic OH excluding ortho intramolecular Hbond substituents is 2. The number of hydrogen-bond donors (Lipinski definition) is 5. The molecule has 5 N–H and O–H groups in total. The van der Waals surface area contributed by atoms with Gasteiger partial charge in [-0.2, -0.15) is 0 Å². The van der Waals surface area contributed by atoms with E-state index in [1.165, 1.54) is 88.3 Å². The highest BCUT2D eigenvalue weighted by atomic mass is 32.2. The minimum absolute atomic E-state index is 0.0427. The van der Waals surface area contributed by atoms with Gasteiger partial charge in [0.05, 0.1) is 0 Å². The summed E-state index contributed by atoms with van der Waals surface area (Å²) in [7, 11) is 0. The van der Waals surface area contributed by atoms with Gasteiger partial charge in [0.1, 0.15) is 39.7 Å². The summed E-state index contributed by atoms with van der Waals surface area (Å²) in [5.41, 5.74) is 0.909. The van der Waals surface area contributed by atoms with Crippen molar-refractivity contribution in [3.63, 3.8) is 0 Å². The standard InChI is InChI=1S/C26H23N5O7S3/c1-12-29-30-26(41-12)40-11-15-10-39-24-19(23(36)31(24)20(15)25(37)38)28-22(35)18(13-5-7-16(32)8-6-13)27-21(34)14-3-2-4-17(33)9-14/h2-9,18-19,24,32-33H,10-11H2,1H3,(H,27,34)(H,28,35)(H,37,38)/t18?,19?,24-/m0/s1. The molecule has 0 aliphatic carbocycles. The van der Waals surface area contributed by atoms with E-state index in [9.17, 15) is 34.5 Å². The molecule has 12 nitrogen and oxygen atoms in total. The lowest BCUT2D eigenvalue weighted by molar-refractivity contribution is -0.151. The van der Waals surface area contributed by atoms with Crippen LogP contribution in [0.2, 0.25) is 0 Å². The summed E-state index contributed by atoms with van der Waals surface area (Å²) in [5, 5.41) is 42.8. The molecule has 3 aromatic rings. The Morgan fingerprint density at radius 1 is 1.12 bits per heavy atom. The number of aromatic hydroxyl groups is 2. The minimum Gasteiger partial charge on any atom is -0.508 e. The van der Waals surface area contributed by atoms with Crippen LogP contribution in [-0.4, -0.2) is 77.0 Å². The van der Waals surface area contributed by atoms with Gasteiger partial charge in [-0.3, -0.25) is 19.3 Å². The Labute approximate surface area is 245 Å². The molecular weight excluding hydrogens is 591 g/mol. The second-order valence-electron chi connectivity index (χ2n) is 9.08. The van der Waals surface area contributed by atoms with Crippen LogP contribution in [0.4, 0.5) is 0 Å².